The number of benzene rings is 1. The Morgan fingerprint density at radius 2 is 2.12 bits per heavy atom. The molecule has 0 bridgehead atoms. The largest absolute Gasteiger partial charge is 0.416 e. The minimum Gasteiger partial charge on any atom is -0.370 e. The lowest BCUT2D eigenvalue weighted by Crippen LogP contribution is -2.39. The van der Waals surface area contributed by atoms with Crippen LogP contribution in [0.25, 0.3) is 0 Å². The molecule has 9 heteroatoms. The minimum atomic E-state index is -4.39. The molecule has 1 aliphatic rings. The molecule has 1 aromatic rings. The van der Waals surface area contributed by atoms with Crippen molar-refractivity contribution in [2.24, 2.45) is 16.6 Å². The Labute approximate surface area is 139 Å². The van der Waals surface area contributed by atoms with Crippen molar-refractivity contribution in [3.63, 3.8) is 0 Å². The van der Waals surface area contributed by atoms with Gasteiger partial charge in [-0.3, -0.25) is 0 Å². The van der Waals surface area contributed by atoms with E-state index in [2.05, 4.69) is 10.3 Å². The molecular weight excluding hydrogens is 343 g/mol. The zero-order valence-corrected chi connectivity index (χ0v) is 13.8. The number of nitrogens with one attached hydrogen (secondary N) is 1. The van der Waals surface area contributed by atoms with Crippen LogP contribution in [0, 0.1) is 5.92 Å². The van der Waals surface area contributed by atoms with Gasteiger partial charge in [0.1, 0.15) is 0 Å². The van der Waals surface area contributed by atoms with Crippen molar-refractivity contribution >= 4 is 15.8 Å². The van der Waals surface area contributed by atoms with Gasteiger partial charge in [-0.25, -0.2) is 13.4 Å². The lowest BCUT2D eigenvalue weighted by molar-refractivity contribution is -0.137. The quantitative estimate of drug-likeness (QED) is 0.632. The molecule has 1 saturated heterocycles. The van der Waals surface area contributed by atoms with Crippen molar-refractivity contribution in [2.75, 3.05) is 18.1 Å². The molecule has 1 unspecified atom stereocenters. The second-order valence-corrected chi connectivity index (χ2v) is 8.13. The average molecular weight is 363 g/mol. The second-order valence-electron chi connectivity index (χ2n) is 5.90. The third-order valence-corrected chi connectivity index (χ3v) is 5.71. The molecule has 0 aliphatic carbocycles. The molecular formula is C15H20F3N3O2S. The maximum absolute atomic E-state index is 12.6. The summed E-state index contributed by atoms with van der Waals surface area (Å²) in [5.74, 6) is 0.421. The number of halogens is 3. The maximum Gasteiger partial charge on any atom is 0.416 e. The number of hydrogen-bond donors (Lipinski definition) is 2. The summed E-state index contributed by atoms with van der Waals surface area (Å²) in [5.41, 5.74) is 5.37. The van der Waals surface area contributed by atoms with E-state index >= 15 is 0 Å². The van der Waals surface area contributed by atoms with Gasteiger partial charge in [-0.15, -0.1) is 0 Å². The van der Waals surface area contributed by atoms with E-state index in [0.717, 1.165) is 18.6 Å². The number of rotatable bonds is 4. The smallest absolute Gasteiger partial charge is 0.370 e. The van der Waals surface area contributed by atoms with Gasteiger partial charge >= 0.3 is 6.18 Å². The summed E-state index contributed by atoms with van der Waals surface area (Å²) in [4.78, 5) is 4.00. The maximum atomic E-state index is 12.6. The molecule has 1 aromatic carbocycles. The highest BCUT2D eigenvalue weighted by atomic mass is 32.2. The Kier molecular flexibility index (Phi) is 5.74. The second kappa shape index (κ2) is 7.42. The zero-order chi connectivity index (χ0) is 17.8. The Morgan fingerprint density at radius 3 is 2.79 bits per heavy atom. The molecule has 5 nitrogen and oxygen atoms in total. The van der Waals surface area contributed by atoms with Crippen LogP contribution in [0.3, 0.4) is 0 Å². The van der Waals surface area contributed by atoms with Crippen molar-refractivity contribution in [2.45, 2.75) is 25.6 Å². The van der Waals surface area contributed by atoms with Crippen LogP contribution in [0.1, 0.15) is 24.0 Å². The first-order chi connectivity index (χ1) is 11.2. The van der Waals surface area contributed by atoms with Gasteiger partial charge in [-0.05, 0) is 36.5 Å². The van der Waals surface area contributed by atoms with Crippen molar-refractivity contribution in [3.05, 3.63) is 35.4 Å². The molecule has 0 amide bonds. The van der Waals surface area contributed by atoms with Crippen molar-refractivity contribution in [1.82, 2.24) is 5.32 Å². The Bertz CT molecular complexity index is 702. The summed E-state index contributed by atoms with van der Waals surface area (Å²) in [6.45, 7) is 0.406. The number of alkyl halides is 3. The van der Waals surface area contributed by atoms with Crippen LogP contribution in [-0.4, -0.2) is 32.4 Å². The van der Waals surface area contributed by atoms with Gasteiger partial charge in [0, 0.05) is 6.54 Å². The molecule has 134 valence electrons. The highest BCUT2D eigenvalue weighted by Crippen LogP contribution is 2.29. The fourth-order valence-electron chi connectivity index (χ4n) is 2.61. The zero-order valence-electron chi connectivity index (χ0n) is 13.0. The van der Waals surface area contributed by atoms with Gasteiger partial charge in [-0.2, -0.15) is 13.2 Å². The van der Waals surface area contributed by atoms with Gasteiger partial charge < -0.3 is 11.1 Å². The predicted molar refractivity (Wildman–Crippen MR) is 86.2 cm³/mol. The van der Waals surface area contributed by atoms with Crippen molar-refractivity contribution in [3.8, 4) is 0 Å². The van der Waals surface area contributed by atoms with Crippen LogP contribution in [-0.2, 0) is 22.6 Å². The van der Waals surface area contributed by atoms with E-state index in [1.165, 1.54) is 6.07 Å². The number of sulfone groups is 1. The molecule has 0 radical (unpaired) electrons. The van der Waals surface area contributed by atoms with E-state index in [9.17, 15) is 21.6 Å². The van der Waals surface area contributed by atoms with E-state index in [1.54, 1.807) is 6.07 Å². The number of nitrogens with two attached hydrogens (primary N) is 1. The summed E-state index contributed by atoms with van der Waals surface area (Å²) in [5, 5.41) is 2.85. The lowest BCUT2D eigenvalue weighted by atomic mass is 10.1. The van der Waals surface area contributed by atoms with E-state index in [1.807, 2.05) is 0 Å². The topological polar surface area (TPSA) is 84.5 Å². The fourth-order valence-corrected chi connectivity index (χ4v) is 4.38. The average Bonchev–Trinajstić information content (AvgIpc) is 2.49. The Balaban J connectivity index is 1.88. The summed E-state index contributed by atoms with van der Waals surface area (Å²) in [6, 6.07) is 4.90. The molecule has 0 saturated carbocycles. The van der Waals surface area contributed by atoms with Crippen LogP contribution in [0.5, 0.6) is 0 Å². The number of aliphatic imine (C=N–C) groups is 1. The van der Waals surface area contributed by atoms with Crippen molar-refractivity contribution in [1.29, 1.82) is 0 Å². The van der Waals surface area contributed by atoms with Gasteiger partial charge in [0.2, 0.25) is 0 Å². The van der Waals surface area contributed by atoms with Crippen LogP contribution in [0.15, 0.2) is 29.3 Å². The molecule has 1 heterocycles. The Hall–Kier alpha value is -1.77. The van der Waals surface area contributed by atoms with Crippen LogP contribution >= 0.6 is 0 Å². The van der Waals surface area contributed by atoms with E-state index < -0.39 is 21.6 Å². The molecule has 0 spiro atoms. The fraction of sp³-hybridized carbons (Fsp3) is 0.533. The summed E-state index contributed by atoms with van der Waals surface area (Å²) >= 11 is 0. The van der Waals surface area contributed by atoms with Gasteiger partial charge in [0.15, 0.2) is 15.8 Å². The Morgan fingerprint density at radius 1 is 1.38 bits per heavy atom. The third-order valence-electron chi connectivity index (χ3n) is 3.82. The molecule has 1 fully saturated rings. The highest BCUT2D eigenvalue weighted by molar-refractivity contribution is 7.91. The van der Waals surface area contributed by atoms with E-state index in [-0.39, 0.29) is 29.9 Å². The molecule has 2 rings (SSSR count). The van der Waals surface area contributed by atoms with E-state index in [4.69, 9.17) is 5.73 Å². The standard InChI is InChI=1S/C15H20F3N3O2S/c16-15(17,18)13-5-1-3-11(7-13)8-20-14(19)21-9-12-4-2-6-24(22,23)10-12/h1,3,5,7,12H,2,4,6,8-10H2,(H3,19,20,21). The van der Waals surface area contributed by atoms with Crippen LogP contribution in [0.4, 0.5) is 13.2 Å². The third kappa shape index (κ3) is 5.70. The molecule has 1 atom stereocenters. The van der Waals surface area contributed by atoms with Gasteiger partial charge in [-0.1, -0.05) is 12.1 Å². The first kappa shape index (κ1) is 18.6. The highest BCUT2D eigenvalue weighted by Gasteiger charge is 2.30. The SMILES string of the molecule is NC(=NCc1cccc(C(F)(F)F)c1)NCC1CCCS(=O)(=O)C1. The van der Waals surface area contributed by atoms with Gasteiger partial charge in [0.25, 0.3) is 0 Å². The van der Waals surface area contributed by atoms with E-state index in [0.29, 0.717) is 18.5 Å². The predicted octanol–water partition coefficient (Wildman–Crippen LogP) is 1.93. The molecule has 1 aliphatic heterocycles. The first-order valence-electron chi connectivity index (χ1n) is 7.56. The molecule has 24 heavy (non-hydrogen) atoms. The number of guanidine groups is 1. The summed E-state index contributed by atoms with van der Waals surface area (Å²) < 4.78 is 61.0. The van der Waals surface area contributed by atoms with Crippen molar-refractivity contribution < 1.29 is 21.6 Å². The minimum absolute atomic E-state index is 0.0196. The van der Waals surface area contributed by atoms with Crippen LogP contribution in [0.2, 0.25) is 0 Å². The monoisotopic (exact) mass is 363 g/mol. The molecule has 0 aromatic heterocycles. The van der Waals surface area contributed by atoms with Crippen LogP contribution < -0.4 is 11.1 Å². The first-order valence-corrected chi connectivity index (χ1v) is 9.38. The summed E-state index contributed by atoms with van der Waals surface area (Å²) in [6.07, 6.45) is -2.96. The normalized spacial score (nSPS) is 21.5. The number of nitrogens with zero attached hydrogens (tertiary/aromatic N) is 1. The van der Waals surface area contributed by atoms with Gasteiger partial charge in [0.05, 0.1) is 23.6 Å². The molecule has 3 N–H and O–H groups in total. The lowest BCUT2D eigenvalue weighted by Gasteiger charge is -2.22. The number of hydrogen-bond acceptors (Lipinski definition) is 3. The summed E-state index contributed by atoms with van der Waals surface area (Å²) in [7, 11) is -2.98.